The normalized spacial score (nSPS) is 27.7. The van der Waals surface area contributed by atoms with Crippen molar-refractivity contribution in [3.05, 3.63) is 29.5 Å². The highest BCUT2D eigenvalue weighted by Crippen LogP contribution is 2.41. The van der Waals surface area contributed by atoms with Gasteiger partial charge in [0.25, 0.3) is 0 Å². The second kappa shape index (κ2) is 8.82. The number of ketones is 1. The largest absolute Gasteiger partial charge is 0.497 e. The second-order valence-electron chi connectivity index (χ2n) is 8.34. The average Bonchev–Trinajstić information content (AvgIpc) is 2.85. The lowest BCUT2D eigenvalue weighted by atomic mass is 9.73. The summed E-state index contributed by atoms with van der Waals surface area (Å²) in [6.07, 6.45) is 2.03. The van der Waals surface area contributed by atoms with Crippen molar-refractivity contribution in [2.75, 3.05) is 39.7 Å². The van der Waals surface area contributed by atoms with Gasteiger partial charge in [-0.15, -0.1) is 0 Å². The monoisotopic (exact) mass is 444 g/mol. The quantitative estimate of drug-likeness (QED) is 0.707. The van der Waals surface area contributed by atoms with Gasteiger partial charge in [0, 0.05) is 43.0 Å². The Morgan fingerprint density at radius 2 is 1.88 bits per heavy atom. The van der Waals surface area contributed by atoms with Gasteiger partial charge in [0.05, 0.1) is 51.0 Å². The first kappa shape index (κ1) is 22.1. The highest BCUT2D eigenvalue weighted by molar-refractivity contribution is 6.07. The van der Waals surface area contributed by atoms with Crippen LogP contribution in [0, 0.1) is 11.8 Å². The number of carbonyl (C=O) groups is 3. The predicted octanol–water partition coefficient (Wildman–Crippen LogP) is 2.01. The summed E-state index contributed by atoms with van der Waals surface area (Å²) in [6, 6.07) is 2.72. The first-order chi connectivity index (χ1) is 15.4. The zero-order valence-corrected chi connectivity index (χ0v) is 18.7. The van der Waals surface area contributed by atoms with Crippen LogP contribution in [0.1, 0.15) is 30.1 Å². The third kappa shape index (κ3) is 3.81. The van der Waals surface area contributed by atoms with Gasteiger partial charge in [-0.25, -0.2) is 4.79 Å². The summed E-state index contributed by atoms with van der Waals surface area (Å²) in [5.41, 5.74) is 1.23. The number of fused-ring (bicyclic) bond motifs is 3. The first-order valence-electron chi connectivity index (χ1n) is 10.7. The van der Waals surface area contributed by atoms with E-state index in [2.05, 4.69) is 5.32 Å². The Kier molecular flexibility index (Phi) is 6.10. The van der Waals surface area contributed by atoms with Crippen LogP contribution in [0.4, 0.5) is 5.69 Å². The molecule has 0 radical (unpaired) electrons. The molecular weight excluding hydrogens is 416 g/mol. The molecule has 4 atom stereocenters. The minimum atomic E-state index is -0.499. The van der Waals surface area contributed by atoms with Crippen molar-refractivity contribution in [1.29, 1.82) is 0 Å². The number of carbonyl (C=O) groups excluding carboxylic acids is 3. The lowest BCUT2D eigenvalue weighted by Gasteiger charge is -2.46. The number of nitrogens with zero attached hydrogens (tertiary/aromatic N) is 1. The molecule has 1 amide bonds. The molecule has 1 N–H and O–H groups in total. The lowest BCUT2D eigenvalue weighted by molar-refractivity contribution is -0.140. The molecule has 9 nitrogen and oxygen atoms in total. The van der Waals surface area contributed by atoms with Crippen LogP contribution in [-0.2, 0) is 19.1 Å². The molecule has 3 aliphatic heterocycles. The molecule has 1 fully saturated rings. The number of hydrogen-bond donors (Lipinski definition) is 1. The molecule has 3 aliphatic rings. The summed E-state index contributed by atoms with van der Waals surface area (Å²) in [4.78, 5) is 40.7. The number of ether oxygens (including phenoxy) is 4. The number of amides is 1. The minimum absolute atomic E-state index is 0.0107. The summed E-state index contributed by atoms with van der Waals surface area (Å²) in [6.45, 7) is 2.92. The van der Waals surface area contributed by atoms with E-state index in [1.54, 1.807) is 12.1 Å². The molecule has 9 heteroatoms. The van der Waals surface area contributed by atoms with Crippen molar-refractivity contribution in [3.63, 3.8) is 0 Å². The zero-order valence-electron chi connectivity index (χ0n) is 18.7. The number of anilines is 1. The molecule has 1 aromatic rings. The maximum Gasteiger partial charge on any atom is 0.337 e. The fourth-order valence-electron chi connectivity index (χ4n) is 4.94. The van der Waals surface area contributed by atoms with Gasteiger partial charge in [-0.3, -0.25) is 14.5 Å². The van der Waals surface area contributed by atoms with Crippen molar-refractivity contribution in [1.82, 2.24) is 4.90 Å². The first-order valence-corrected chi connectivity index (χ1v) is 10.7. The third-order valence-corrected chi connectivity index (χ3v) is 6.72. The molecule has 0 aliphatic carbocycles. The molecule has 3 heterocycles. The van der Waals surface area contributed by atoms with E-state index in [4.69, 9.17) is 18.9 Å². The number of rotatable bonds is 3. The Morgan fingerprint density at radius 3 is 2.56 bits per heavy atom. The molecule has 0 unspecified atom stereocenters. The van der Waals surface area contributed by atoms with Crippen molar-refractivity contribution < 1.29 is 33.3 Å². The molecular formula is C23H28N2O7. The number of esters is 1. The van der Waals surface area contributed by atoms with Gasteiger partial charge in [0.1, 0.15) is 0 Å². The Balaban J connectivity index is 1.68. The molecule has 1 aromatic carbocycles. The van der Waals surface area contributed by atoms with Crippen molar-refractivity contribution >= 4 is 23.3 Å². The Labute approximate surface area is 186 Å². The van der Waals surface area contributed by atoms with E-state index in [1.807, 2.05) is 11.8 Å². The number of Topliss-reactive ketones (excluding diaryl/α,β-unsaturated/α-hetero) is 1. The van der Waals surface area contributed by atoms with Crippen LogP contribution < -0.4 is 14.8 Å². The summed E-state index contributed by atoms with van der Waals surface area (Å²) in [5, 5.41) is 2.92. The Hall–Kier alpha value is -3.07. The van der Waals surface area contributed by atoms with Crippen LogP contribution in [-0.4, -0.2) is 69.1 Å². The van der Waals surface area contributed by atoms with Gasteiger partial charge < -0.3 is 24.3 Å². The van der Waals surface area contributed by atoms with Crippen molar-refractivity contribution in [2.24, 2.45) is 11.8 Å². The average molecular weight is 444 g/mol. The minimum Gasteiger partial charge on any atom is -0.497 e. The highest BCUT2D eigenvalue weighted by Gasteiger charge is 2.47. The van der Waals surface area contributed by atoms with E-state index in [1.165, 1.54) is 27.6 Å². The number of nitrogens with one attached hydrogen (secondary N) is 1. The van der Waals surface area contributed by atoms with Gasteiger partial charge in [-0.05, 0) is 19.4 Å². The molecule has 0 aromatic heterocycles. The van der Waals surface area contributed by atoms with Gasteiger partial charge in [0.15, 0.2) is 17.3 Å². The smallest absolute Gasteiger partial charge is 0.337 e. The van der Waals surface area contributed by atoms with Crippen LogP contribution >= 0.6 is 0 Å². The number of methoxy groups -OCH3 is 3. The zero-order chi connectivity index (χ0) is 23.0. The third-order valence-electron chi connectivity index (χ3n) is 6.72. The van der Waals surface area contributed by atoms with Gasteiger partial charge >= 0.3 is 5.97 Å². The number of benzene rings is 1. The number of hydrogen-bond acceptors (Lipinski definition) is 8. The highest BCUT2D eigenvalue weighted by atomic mass is 16.5. The predicted molar refractivity (Wildman–Crippen MR) is 115 cm³/mol. The van der Waals surface area contributed by atoms with Crippen LogP contribution in [0.3, 0.4) is 0 Å². The maximum atomic E-state index is 13.4. The van der Waals surface area contributed by atoms with Crippen LogP contribution in [0.2, 0.25) is 0 Å². The van der Waals surface area contributed by atoms with Crippen molar-refractivity contribution in [3.8, 4) is 11.5 Å². The molecule has 0 saturated carbocycles. The number of piperidine rings is 1. The van der Waals surface area contributed by atoms with Gasteiger partial charge in [-0.1, -0.05) is 0 Å². The van der Waals surface area contributed by atoms with E-state index in [0.717, 1.165) is 0 Å². The molecule has 0 bridgehead atoms. The molecule has 0 spiro atoms. The van der Waals surface area contributed by atoms with Crippen LogP contribution in [0.25, 0.3) is 0 Å². The Bertz CT molecular complexity index is 973. The van der Waals surface area contributed by atoms with E-state index >= 15 is 0 Å². The van der Waals surface area contributed by atoms with Crippen molar-refractivity contribution in [2.45, 2.75) is 31.9 Å². The lowest BCUT2D eigenvalue weighted by Crippen LogP contribution is -2.56. The molecule has 172 valence electrons. The van der Waals surface area contributed by atoms with Gasteiger partial charge in [0.2, 0.25) is 5.91 Å². The van der Waals surface area contributed by atoms with E-state index in [0.29, 0.717) is 47.8 Å². The standard InChI is InChI=1S/C23H28N2O7/c1-12-15-10-25-6-5-19(26)14-8-20(29-2)21(30-3)9-17(14)24-22(27)18(25)7-13(15)16(11-32-12)23(28)31-4/h8-9,11-13,15,18H,5-7,10H2,1-4H3,(H,24,27)/t12-,13-,15+,18-/m0/s1. The van der Waals surface area contributed by atoms with Crippen LogP contribution in [0.5, 0.6) is 11.5 Å². The summed E-state index contributed by atoms with van der Waals surface area (Å²) in [5.74, 6) is -0.0663. The van der Waals surface area contributed by atoms with E-state index < -0.39 is 12.0 Å². The second-order valence-corrected chi connectivity index (χ2v) is 8.34. The fraction of sp³-hybridized carbons (Fsp3) is 0.522. The van der Waals surface area contributed by atoms with E-state index in [9.17, 15) is 14.4 Å². The van der Waals surface area contributed by atoms with Crippen LogP contribution in [0.15, 0.2) is 24.0 Å². The SMILES string of the molecule is COC(=O)C1=CO[C@@H](C)[C@H]2CN3CCC(=O)c4cc(OC)c(OC)cc4NC(=O)[C@@H]3C[C@H]12. The maximum absolute atomic E-state index is 13.4. The Morgan fingerprint density at radius 1 is 1.16 bits per heavy atom. The summed E-state index contributed by atoms with van der Waals surface area (Å²) >= 11 is 0. The van der Waals surface area contributed by atoms with E-state index in [-0.39, 0.29) is 36.1 Å². The molecule has 32 heavy (non-hydrogen) atoms. The fourth-order valence-corrected chi connectivity index (χ4v) is 4.94. The summed E-state index contributed by atoms with van der Waals surface area (Å²) in [7, 11) is 4.33. The van der Waals surface area contributed by atoms with Gasteiger partial charge in [-0.2, -0.15) is 0 Å². The topological polar surface area (TPSA) is 103 Å². The molecule has 4 rings (SSSR count). The molecule has 1 saturated heterocycles. The summed E-state index contributed by atoms with van der Waals surface area (Å²) < 4.78 is 21.3.